The summed E-state index contributed by atoms with van der Waals surface area (Å²) < 4.78 is 2.08. The molecule has 1 fully saturated rings. The zero-order chi connectivity index (χ0) is 15.5. The van der Waals surface area contributed by atoms with Gasteiger partial charge in [0.25, 0.3) is 0 Å². The molecule has 0 spiro atoms. The Morgan fingerprint density at radius 3 is 2.43 bits per heavy atom. The van der Waals surface area contributed by atoms with E-state index in [0.717, 1.165) is 56.1 Å². The molecule has 0 unspecified atom stereocenters. The molecule has 0 aliphatic heterocycles. The Balaban J connectivity index is 1.95. The molecule has 21 heavy (non-hydrogen) atoms. The first kappa shape index (κ1) is 16.5. The molecule has 1 aromatic heterocycles. The zero-order valence-electron chi connectivity index (χ0n) is 14.2. The fourth-order valence-electron chi connectivity index (χ4n) is 3.70. The molecule has 0 aromatic carbocycles. The van der Waals surface area contributed by atoms with Crippen LogP contribution in [0.1, 0.15) is 78.0 Å². The molecule has 3 heteroatoms. The minimum Gasteiger partial charge on any atom is -0.389 e. The van der Waals surface area contributed by atoms with Gasteiger partial charge in [-0.15, -0.1) is 0 Å². The SMILES string of the molecule is CCC(CC)n1ccc(CC2(O)CCC(C(C)C)CC2)n1. The maximum absolute atomic E-state index is 10.8. The third-order valence-corrected chi connectivity index (χ3v) is 5.39. The van der Waals surface area contributed by atoms with Crippen molar-refractivity contribution >= 4 is 0 Å². The predicted molar refractivity (Wildman–Crippen MR) is 87.3 cm³/mol. The van der Waals surface area contributed by atoms with Crippen molar-refractivity contribution in [2.45, 2.75) is 84.3 Å². The summed E-state index contributed by atoms with van der Waals surface area (Å²) in [4.78, 5) is 0. The summed E-state index contributed by atoms with van der Waals surface area (Å²) in [7, 11) is 0. The highest BCUT2D eigenvalue weighted by molar-refractivity contribution is 5.05. The molecular weight excluding hydrogens is 260 g/mol. The quantitative estimate of drug-likeness (QED) is 0.845. The largest absolute Gasteiger partial charge is 0.389 e. The van der Waals surface area contributed by atoms with Gasteiger partial charge in [0.15, 0.2) is 0 Å². The van der Waals surface area contributed by atoms with E-state index in [9.17, 15) is 5.11 Å². The van der Waals surface area contributed by atoms with Gasteiger partial charge in [-0.3, -0.25) is 4.68 Å². The van der Waals surface area contributed by atoms with Gasteiger partial charge in [-0.1, -0.05) is 27.7 Å². The number of rotatable bonds is 6. The number of hydrogen-bond acceptors (Lipinski definition) is 2. The fraction of sp³-hybridized carbons (Fsp3) is 0.833. The van der Waals surface area contributed by atoms with Crippen LogP contribution in [-0.4, -0.2) is 20.5 Å². The smallest absolute Gasteiger partial charge is 0.0703 e. The Hall–Kier alpha value is -0.830. The van der Waals surface area contributed by atoms with Crippen molar-refractivity contribution in [1.29, 1.82) is 0 Å². The Morgan fingerprint density at radius 1 is 1.29 bits per heavy atom. The lowest BCUT2D eigenvalue weighted by molar-refractivity contribution is -0.0154. The van der Waals surface area contributed by atoms with Crippen molar-refractivity contribution in [3.05, 3.63) is 18.0 Å². The maximum atomic E-state index is 10.8. The first-order valence-electron chi connectivity index (χ1n) is 8.74. The molecule has 1 saturated carbocycles. The number of nitrogens with zero attached hydrogens (tertiary/aromatic N) is 2. The monoisotopic (exact) mass is 292 g/mol. The molecule has 1 aliphatic carbocycles. The van der Waals surface area contributed by atoms with Crippen LogP contribution in [-0.2, 0) is 6.42 Å². The molecule has 0 radical (unpaired) electrons. The van der Waals surface area contributed by atoms with Crippen LogP contribution in [0.15, 0.2) is 12.3 Å². The predicted octanol–water partition coefficient (Wildman–Crippen LogP) is 4.36. The van der Waals surface area contributed by atoms with Crippen molar-refractivity contribution in [3.63, 3.8) is 0 Å². The molecule has 0 atom stereocenters. The van der Waals surface area contributed by atoms with E-state index in [4.69, 9.17) is 5.10 Å². The van der Waals surface area contributed by atoms with Crippen molar-refractivity contribution < 1.29 is 5.11 Å². The van der Waals surface area contributed by atoms with Crippen LogP contribution in [0.25, 0.3) is 0 Å². The molecule has 3 nitrogen and oxygen atoms in total. The van der Waals surface area contributed by atoms with Crippen LogP contribution in [0.5, 0.6) is 0 Å². The third-order valence-electron chi connectivity index (χ3n) is 5.39. The van der Waals surface area contributed by atoms with Gasteiger partial charge in [-0.05, 0) is 56.4 Å². The molecule has 1 aromatic rings. The van der Waals surface area contributed by atoms with Crippen LogP contribution in [0, 0.1) is 11.8 Å². The first-order valence-corrected chi connectivity index (χ1v) is 8.74. The Bertz CT molecular complexity index is 426. The highest BCUT2D eigenvalue weighted by atomic mass is 16.3. The lowest BCUT2D eigenvalue weighted by Crippen LogP contribution is -2.37. The Kier molecular flexibility index (Phi) is 5.48. The van der Waals surface area contributed by atoms with Crippen LogP contribution in [0.4, 0.5) is 0 Å². The molecule has 1 N–H and O–H groups in total. The lowest BCUT2D eigenvalue weighted by atomic mass is 9.73. The van der Waals surface area contributed by atoms with Gasteiger partial charge in [-0.2, -0.15) is 5.10 Å². The van der Waals surface area contributed by atoms with E-state index >= 15 is 0 Å². The van der Waals surface area contributed by atoms with Crippen molar-refractivity contribution in [1.82, 2.24) is 9.78 Å². The van der Waals surface area contributed by atoms with E-state index in [2.05, 4.69) is 44.6 Å². The van der Waals surface area contributed by atoms with E-state index in [-0.39, 0.29) is 0 Å². The minimum absolute atomic E-state index is 0.491. The van der Waals surface area contributed by atoms with Gasteiger partial charge in [0.1, 0.15) is 0 Å². The zero-order valence-corrected chi connectivity index (χ0v) is 14.2. The number of aromatic nitrogens is 2. The Morgan fingerprint density at radius 2 is 1.90 bits per heavy atom. The summed E-state index contributed by atoms with van der Waals surface area (Å²) in [6.45, 7) is 9.01. The summed E-state index contributed by atoms with van der Waals surface area (Å²) in [5.41, 5.74) is 0.519. The molecule has 0 saturated heterocycles. The maximum Gasteiger partial charge on any atom is 0.0703 e. The molecule has 0 amide bonds. The van der Waals surface area contributed by atoms with Crippen LogP contribution >= 0.6 is 0 Å². The van der Waals surface area contributed by atoms with E-state index in [1.54, 1.807) is 0 Å². The van der Waals surface area contributed by atoms with Crippen LogP contribution < -0.4 is 0 Å². The van der Waals surface area contributed by atoms with E-state index in [1.807, 2.05) is 0 Å². The summed E-state index contributed by atoms with van der Waals surface area (Å²) >= 11 is 0. The van der Waals surface area contributed by atoms with Gasteiger partial charge in [0, 0.05) is 12.6 Å². The lowest BCUT2D eigenvalue weighted by Gasteiger charge is -2.37. The fourth-order valence-corrected chi connectivity index (χ4v) is 3.70. The first-order chi connectivity index (χ1) is 9.97. The molecule has 1 heterocycles. The highest BCUT2D eigenvalue weighted by Crippen LogP contribution is 2.37. The van der Waals surface area contributed by atoms with Crippen LogP contribution in [0.2, 0.25) is 0 Å². The number of hydrogen-bond donors (Lipinski definition) is 1. The second kappa shape index (κ2) is 6.95. The van der Waals surface area contributed by atoms with Crippen molar-refractivity contribution in [2.24, 2.45) is 11.8 Å². The molecule has 120 valence electrons. The van der Waals surface area contributed by atoms with Gasteiger partial charge in [-0.25, -0.2) is 0 Å². The van der Waals surface area contributed by atoms with E-state index in [0.29, 0.717) is 12.5 Å². The third kappa shape index (κ3) is 4.09. The molecular formula is C18H32N2O. The molecule has 0 bridgehead atoms. The van der Waals surface area contributed by atoms with Gasteiger partial charge < -0.3 is 5.11 Å². The van der Waals surface area contributed by atoms with E-state index in [1.165, 1.54) is 0 Å². The average molecular weight is 292 g/mol. The van der Waals surface area contributed by atoms with Gasteiger partial charge in [0.05, 0.1) is 17.3 Å². The second-order valence-electron chi connectivity index (χ2n) is 7.24. The summed E-state index contributed by atoms with van der Waals surface area (Å²) in [6.07, 6.45) is 9.17. The van der Waals surface area contributed by atoms with Crippen LogP contribution in [0.3, 0.4) is 0 Å². The van der Waals surface area contributed by atoms with E-state index < -0.39 is 5.60 Å². The summed E-state index contributed by atoms with van der Waals surface area (Å²) in [6, 6.07) is 2.58. The average Bonchev–Trinajstić information content (AvgIpc) is 2.88. The standard InChI is InChI=1S/C18H32N2O/c1-5-17(6-2)20-12-9-16(19-20)13-18(21)10-7-15(8-11-18)14(3)4/h9,12,14-15,17,21H,5-8,10-11,13H2,1-4H3. The number of aliphatic hydroxyl groups is 1. The topological polar surface area (TPSA) is 38.0 Å². The second-order valence-corrected chi connectivity index (χ2v) is 7.24. The minimum atomic E-state index is -0.529. The van der Waals surface area contributed by atoms with Gasteiger partial charge in [0.2, 0.25) is 0 Å². The van der Waals surface area contributed by atoms with Gasteiger partial charge >= 0.3 is 0 Å². The Labute approximate surface area is 129 Å². The summed E-state index contributed by atoms with van der Waals surface area (Å²) in [5.74, 6) is 1.52. The highest BCUT2D eigenvalue weighted by Gasteiger charge is 2.34. The molecule has 1 aliphatic rings. The normalized spacial score (nSPS) is 26.7. The summed E-state index contributed by atoms with van der Waals surface area (Å²) in [5, 5.41) is 15.5. The van der Waals surface area contributed by atoms with Crippen molar-refractivity contribution in [3.8, 4) is 0 Å². The van der Waals surface area contributed by atoms with Crippen molar-refractivity contribution in [2.75, 3.05) is 0 Å². The molecule has 2 rings (SSSR count).